The number of amides is 1. The molecule has 6 heteroatoms. The van der Waals surface area contributed by atoms with E-state index in [1.165, 1.54) is 0 Å². The van der Waals surface area contributed by atoms with E-state index in [1.807, 2.05) is 16.3 Å². The van der Waals surface area contributed by atoms with Crippen LogP contribution < -0.4 is 5.32 Å². The Morgan fingerprint density at radius 1 is 1.50 bits per heavy atom. The maximum atomic E-state index is 11.9. The number of hydrogen-bond acceptors (Lipinski definition) is 5. The number of hydrogen-bond donors (Lipinski definition) is 1. The highest BCUT2D eigenvalue weighted by Crippen LogP contribution is 2.25. The van der Waals surface area contributed by atoms with Gasteiger partial charge >= 0.3 is 0 Å². The van der Waals surface area contributed by atoms with Crippen molar-refractivity contribution in [1.29, 1.82) is 0 Å². The number of carbonyl (C=O) groups is 1. The summed E-state index contributed by atoms with van der Waals surface area (Å²) in [4.78, 5) is 13.8. The Hall–Kier alpha value is -0.950. The third-order valence-corrected chi connectivity index (χ3v) is 3.92. The zero-order valence-corrected chi connectivity index (χ0v) is 10.8. The molecule has 0 aromatic carbocycles. The molecule has 3 heterocycles. The minimum absolute atomic E-state index is 0.0104. The van der Waals surface area contributed by atoms with Crippen LogP contribution in [0.15, 0.2) is 16.8 Å². The second-order valence-electron chi connectivity index (χ2n) is 4.45. The molecule has 2 aliphatic rings. The van der Waals surface area contributed by atoms with Crippen LogP contribution in [0.5, 0.6) is 0 Å². The number of thiophene rings is 1. The van der Waals surface area contributed by atoms with Crippen LogP contribution in [0.3, 0.4) is 0 Å². The highest BCUT2D eigenvalue weighted by Gasteiger charge is 2.34. The van der Waals surface area contributed by atoms with Gasteiger partial charge in [0.05, 0.1) is 39.0 Å². The monoisotopic (exact) mass is 268 g/mol. The van der Waals surface area contributed by atoms with Crippen molar-refractivity contribution < 1.29 is 14.3 Å². The zero-order valence-electron chi connectivity index (χ0n) is 10.0. The second kappa shape index (κ2) is 5.36. The van der Waals surface area contributed by atoms with Crippen molar-refractivity contribution in [2.45, 2.75) is 12.3 Å². The lowest BCUT2D eigenvalue weighted by atomic mass is 10.2. The molecule has 1 amide bonds. The molecule has 0 saturated carbocycles. The molecule has 1 aromatic heterocycles. The van der Waals surface area contributed by atoms with Gasteiger partial charge in [0.15, 0.2) is 0 Å². The van der Waals surface area contributed by atoms with Crippen molar-refractivity contribution in [3.63, 3.8) is 0 Å². The van der Waals surface area contributed by atoms with E-state index in [-0.39, 0.29) is 18.2 Å². The van der Waals surface area contributed by atoms with E-state index < -0.39 is 0 Å². The molecule has 1 N–H and O–H groups in total. The van der Waals surface area contributed by atoms with Gasteiger partial charge in [-0.05, 0) is 22.4 Å². The second-order valence-corrected chi connectivity index (χ2v) is 5.23. The van der Waals surface area contributed by atoms with Crippen molar-refractivity contribution >= 4 is 17.2 Å². The average molecular weight is 268 g/mol. The maximum Gasteiger partial charge on any atom is 0.238 e. The fraction of sp³-hybridized carbons (Fsp3) is 0.583. The van der Waals surface area contributed by atoms with E-state index in [4.69, 9.17) is 9.47 Å². The minimum Gasteiger partial charge on any atom is -0.376 e. The van der Waals surface area contributed by atoms with E-state index in [1.54, 1.807) is 11.3 Å². The molecular formula is C12H16N2O3S. The first-order valence-corrected chi connectivity index (χ1v) is 7.03. The van der Waals surface area contributed by atoms with E-state index in [0.717, 1.165) is 5.56 Å². The number of ether oxygens (including phenoxy) is 2. The largest absolute Gasteiger partial charge is 0.376 e. The van der Waals surface area contributed by atoms with Crippen LogP contribution in [0.2, 0.25) is 0 Å². The fourth-order valence-corrected chi connectivity index (χ4v) is 3.02. The number of nitrogens with one attached hydrogen (secondary N) is 1. The maximum absolute atomic E-state index is 11.9. The molecule has 0 spiro atoms. The molecule has 1 aromatic rings. The first-order valence-electron chi connectivity index (χ1n) is 6.09. The molecule has 2 aliphatic heterocycles. The van der Waals surface area contributed by atoms with Crippen LogP contribution >= 0.6 is 11.3 Å². The normalized spacial score (nSPS) is 28.9. The third kappa shape index (κ3) is 2.42. The molecular weight excluding hydrogens is 252 g/mol. The van der Waals surface area contributed by atoms with Crippen molar-refractivity contribution in [2.24, 2.45) is 0 Å². The molecule has 2 fully saturated rings. The van der Waals surface area contributed by atoms with Crippen LogP contribution in [0, 0.1) is 0 Å². The Kier molecular flexibility index (Phi) is 3.60. The number of rotatable bonds is 3. The highest BCUT2D eigenvalue weighted by atomic mass is 32.1. The predicted molar refractivity (Wildman–Crippen MR) is 67.3 cm³/mol. The molecule has 98 valence electrons. The van der Waals surface area contributed by atoms with Crippen LogP contribution in [0.4, 0.5) is 0 Å². The van der Waals surface area contributed by atoms with Gasteiger partial charge in [-0.1, -0.05) is 0 Å². The van der Waals surface area contributed by atoms with Gasteiger partial charge in [-0.15, -0.1) is 0 Å². The summed E-state index contributed by atoms with van der Waals surface area (Å²) in [6.45, 7) is 2.82. The van der Waals surface area contributed by atoms with E-state index in [0.29, 0.717) is 32.9 Å². The standard InChI is InChI=1S/C12H16N2O3S/c15-11-5-13-12(9-1-4-18-8-9)14(11)6-10-7-16-2-3-17-10/h1,4,8,10,12-13H,2-3,5-7H2. The Morgan fingerprint density at radius 3 is 3.17 bits per heavy atom. The van der Waals surface area contributed by atoms with Gasteiger partial charge in [0.2, 0.25) is 5.91 Å². The zero-order chi connectivity index (χ0) is 12.4. The minimum atomic E-state index is -0.0192. The summed E-state index contributed by atoms with van der Waals surface area (Å²) in [5, 5.41) is 7.33. The van der Waals surface area contributed by atoms with Gasteiger partial charge < -0.3 is 14.4 Å². The average Bonchev–Trinajstić information content (AvgIpc) is 3.02. The van der Waals surface area contributed by atoms with Gasteiger partial charge in [-0.25, -0.2) is 0 Å². The topological polar surface area (TPSA) is 50.8 Å². The van der Waals surface area contributed by atoms with Gasteiger partial charge in [0.25, 0.3) is 0 Å². The summed E-state index contributed by atoms with van der Waals surface area (Å²) in [6, 6.07) is 2.05. The molecule has 2 unspecified atom stereocenters. The van der Waals surface area contributed by atoms with Crippen molar-refractivity contribution in [2.75, 3.05) is 32.9 Å². The van der Waals surface area contributed by atoms with Crippen molar-refractivity contribution in [3.8, 4) is 0 Å². The molecule has 0 aliphatic carbocycles. The quantitative estimate of drug-likeness (QED) is 0.872. The Balaban J connectivity index is 1.69. The SMILES string of the molecule is O=C1CNC(c2ccsc2)N1CC1COCCO1. The first kappa shape index (κ1) is 12.1. The summed E-state index contributed by atoms with van der Waals surface area (Å²) in [6.07, 6.45) is -0.0296. The summed E-state index contributed by atoms with van der Waals surface area (Å²) in [7, 11) is 0. The van der Waals surface area contributed by atoms with Gasteiger partial charge in [0, 0.05) is 0 Å². The van der Waals surface area contributed by atoms with Crippen LogP contribution in [0.1, 0.15) is 11.7 Å². The van der Waals surface area contributed by atoms with E-state index >= 15 is 0 Å². The summed E-state index contributed by atoms with van der Waals surface area (Å²) < 4.78 is 11.0. The Bertz CT molecular complexity index is 403. The van der Waals surface area contributed by atoms with Crippen molar-refractivity contribution in [1.82, 2.24) is 10.2 Å². The molecule has 5 nitrogen and oxygen atoms in total. The molecule has 2 atom stereocenters. The first-order chi connectivity index (χ1) is 8.84. The predicted octanol–water partition coefficient (Wildman–Crippen LogP) is 0.594. The highest BCUT2D eigenvalue weighted by molar-refractivity contribution is 7.07. The van der Waals surface area contributed by atoms with E-state index in [2.05, 4.69) is 10.7 Å². The molecule has 0 radical (unpaired) electrons. The van der Waals surface area contributed by atoms with Crippen LogP contribution in [-0.2, 0) is 14.3 Å². The van der Waals surface area contributed by atoms with E-state index in [9.17, 15) is 4.79 Å². The summed E-state index contributed by atoms with van der Waals surface area (Å²) >= 11 is 1.64. The van der Waals surface area contributed by atoms with Gasteiger partial charge in [-0.3, -0.25) is 10.1 Å². The molecule has 18 heavy (non-hydrogen) atoms. The third-order valence-electron chi connectivity index (χ3n) is 3.22. The molecule has 3 rings (SSSR count). The summed E-state index contributed by atoms with van der Waals surface area (Å²) in [5.74, 6) is 0.125. The lowest BCUT2D eigenvalue weighted by Crippen LogP contribution is -2.42. The summed E-state index contributed by atoms with van der Waals surface area (Å²) in [5.41, 5.74) is 1.14. The smallest absolute Gasteiger partial charge is 0.238 e. The van der Waals surface area contributed by atoms with Crippen LogP contribution in [-0.4, -0.2) is 49.8 Å². The molecule has 0 bridgehead atoms. The Morgan fingerprint density at radius 2 is 2.44 bits per heavy atom. The lowest BCUT2D eigenvalue weighted by molar-refractivity contribution is -0.135. The molecule has 2 saturated heterocycles. The lowest BCUT2D eigenvalue weighted by Gasteiger charge is -2.30. The Labute approximate surface area is 110 Å². The van der Waals surface area contributed by atoms with Gasteiger partial charge in [0.1, 0.15) is 6.17 Å². The van der Waals surface area contributed by atoms with Crippen molar-refractivity contribution in [3.05, 3.63) is 22.4 Å². The number of carbonyl (C=O) groups excluding carboxylic acids is 1. The van der Waals surface area contributed by atoms with Crippen LogP contribution in [0.25, 0.3) is 0 Å². The number of nitrogens with zero attached hydrogens (tertiary/aromatic N) is 1. The fourth-order valence-electron chi connectivity index (χ4n) is 2.34. The van der Waals surface area contributed by atoms with Gasteiger partial charge in [-0.2, -0.15) is 11.3 Å².